The van der Waals surface area contributed by atoms with E-state index in [1.54, 1.807) is 4.90 Å². The summed E-state index contributed by atoms with van der Waals surface area (Å²) in [7, 11) is 0. The smallest absolute Gasteiger partial charge is 0.251 e. The monoisotopic (exact) mass is 269 g/mol. The Balaban J connectivity index is 1.88. The number of piperidine rings is 1. The standard InChI is InChI=1S/C15H27NO3/c1-3-14(19-12-6-4-5-7-12)15(18)16-9-8-11(2)13(17)10-16/h11-14,17H,3-10H2,1-2H3. The molecular formula is C15H27NO3. The van der Waals surface area contributed by atoms with Crippen molar-refractivity contribution in [3.63, 3.8) is 0 Å². The lowest BCUT2D eigenvalue weighted by Gasteiger charge is -2.36. The van der Waals surface area contributed by atoms with Crippen LogP contribution in [0.2, 0.25) is 0 Å². The van der Waals surface area contributed by atoms with Crippen molar-refractivity contribution >= 4 is 5.91 Å². The molecule has 1 N–H and O–H groups in total. The molecule has 2 fully saturated rings. The molecule has 3 unspecified atom stereocenters. The Morgan fingerprint density at radius 1 is 1.37 bits per heavy atom. The number of nitrogens with zero attached hydrogens (tertiary/aromatic N) is 1. The number of rotatable bonds is 4. The van der Waals surface area contributed by atoms with Crippen molar-refractivity contribution in [2.45, 2.75) is 70.7 Å². The largest absolute Gasteiger partial charge is 0.391 e. The average molecular weight is 269 g/mol. The van der Waals surface area contributed by atoms with Crippen LogP contribution in [0.5, 0.6) is 0 Å². The first-order valence-corrected chi connectivity index (χ1v) is 7.74. The van der Waals surface area contributed by atoms with Gasteiger partial charge in [0.05, 0.1) is 12.2 Å². The van der Waals surface area contributed by atoms with E-state index in [1.165, 1.54) is 12.8 Å². The van der Waals surface area contributed by atoms with Crippen LogP contribution in [0.15, 0.2) is 0 Å². The van der Waals surface area contributed by atoms with Gasteiger partial charge in [0.1, 0.15) is 6.10 Å². The number of carbonyl (C=O) groups is 1. The Morgan fingerprint density at radius 2 is 2.05 bits per heavy atom. The number of hydrogen-bond donors (Lipinski definition) is 1. The lowest BCUT2D eigenvalue weighted by molar-refractivity contribution is -0.151. The fourth-order valence-electron chi connectivity index (χ4n) is 3.04. The first kappa shape index (κ1) is 14.8. The van der Waals surface area contributed by atoms with Crippen LogP contribution in [-0.4, -0.2) is 47.3 Å². The third kappa shape index (κ3) is 3.69. The van der Waals surface area contributed by atoms with Gasteiger partial charge in [0, 0.05) is 13.1 Å². The molecule has 1 aliphatic carbocycles. The summed E-state index contributed by atoms with van der Waals surface area (Å²) in [5.41, 5.74) is 0. The summed E-state index contributed by atoms with van der Waals surface area (Å²) in [5, 5.41) is 9.90. The maximum Gasteiger partial charge on any atom is 0.251 e. The Hall–Kier alpha value is -0.610. The molecular weight excluding hydrogens is 242 g/mol. The molecule has 1 saturated carbocycles. The van der Waals surface area contributed by atoms with Crippen molar-refractivity contribution in [1.82, 2.24) is 4.90 Å². The highest BCUT2D eigenvalue weighted by Gasteiger charge is 2.32. The summed E-state index contributed by atoms with van der Waals surface area (Å²) in [4.78, 5) is 14.2. The Kier molecular flexibility index (Phi) is 5.22. The zero-order valence-electron chi connectivity index (χ0n) is 12.2. The number of aliphatic hydroxyl groups excluding tert-OH is 1. The van der Waals surface area contributed by atoms with Crippen molar-refractivity contribution < 1.29 is 14.6 Å². The molecule has 0 aromatic carbocycles. The Labute approximate surface area is 116 Å². The van der Waals surface area contributed by atoms with Gasteiger partial charge in [-0.1, -0.05) is 26.7 Å². The first-order chi connectivity index (χ1) is 9.11. The fourth-order valence-corrected chi connectivity index (χ4v) is 3.04. The van der Waals surface area contributed by atoms with Gasteiger partial charge in [0.15, 0.2) is 0 Å². The van der Waals surface area contributed by atoms with Gasteiger partial charge in [-0.25, -0.2) is 0 Å². The molecule has 1 amide bonds. The van der Waals surface area contributed by atoms with Gasteiger partial charge in [-0.3, -0.25) is 4.79 Å². The van der Waals surface area contributed by atoms with Crippen LogP contribution in [0.4, 0.5) is 0 Å². The molecule has 2 rings (SSSR count). The van der Waals surface area contributed by atoms with E-state index < -0.39 is 0 Å². The number of β-amino-alcohol motifs (C(OH)–C–C–N with tert-alkyl or cyclic N) is 1. The molecule has 1 aliphatic heterocycles. The Bertz CT molecular complexity index is 302. The van der Waals surface area contributed by atoms with Gasteiger partial charge in [0.25, 0.3) is 5.91 Å². The van der Waals surface area contributed by atoms with Crippen molar-refractivity contribution in [3.8, 4) is 0 Å². The van der Waals surface area contributed by atoms with Crippen molar-refractivity contribution in [2.75, 3.05) is 13.1 Å². The third-order valence-electron chi connectivity index (χ3n) is 4.54. The van der Waals surface area contributed by atoms with E-state index in [0.717, 1.165) is 32.2 Å². The van der Waals surface area contributed by atoms with Gasteiger partial charge < -0.3 is 14.7 Å². The number of carbonyl (C=O) groups excluding carboxylic acids is 1. The van der Waals surface area contributed by atoms with Crippen LogP contribution in [0.25, 0.3) is 0 Å². The van der Waals surface area contributed by atoms with E-state index in [9.17, 15) is 9.90 Å². The van der Waals surface area contributed by atoms with Gasteiger partial charge >= 0.3 is 0 Å². The maximum atomic E-state index is 12.5. The predicted octanol–water partition coefficient (Wildman–Crippen LogP) is 1.95. The van der Waals surface area contributed by atoms with Crippen LogP contribution < -0.4 is 0 Å². The fraction of sp³-hybridized carbons (Fsp3) is 0.933. The normalized spacial score (nSPS) is 30.6. The molecule has 110 valence electrons. The molecule has 3 atom stereocenters. The summed E-state index contributed by atoms with van der Waals surface area (Å²) in [6, 6.07) is 0. The van der Waals surface area contributed by atoms with Crippen LogP contribution in [0, 0.1) is 5.92 Å². The second-order valence-corrected chi connectivity index (χ2v) is 6.06. The van der Waals surface area contributed by atoms with E-state index in [0.29, 0.717) is 12.5 Å². The second-order valence-electron chi connectivity index (χ2n) is 6.06. The highest BCUT2D eigenvalue weighted by molar-refractivity contribution is 5.81. The molecule has 1 heterocycles. The van der Waals surface area contributed by atoms with Crippen LogP contribution in [-0.2, 0) is 9.53 Å². The van der Waals surface area contributed by atoms with Gasteiger partial charge in [-0.15, -0.1) is 0 Å². The second kappa shape index (κ2) is 6.71. The number of hydrogen-bond acceptors (Lipinski definition) is 3. The minimum absolute atomic E-state index is 0.0698. The molecule has 19 heavy (non-hydrogen) atoms. The molecule has 4 nitrogen and oxygen atoms in total. The van der Waals surface area contributed by atoms with Crippen LogP contribution in [0.3, 0.4) is 0 Å². The first-order valence-electron chi connectivity index (χ1n) is 7.74. The molecule has 0 radical (unpaired) electrons. The number of likely N-dealkylation sites (tertiary alicyclic amines) is 1. The summed E-state index contributed by atoms with van der Waals surface area (Å²) in [6.07, 6.45) is 5.77. The van der Waals surface area contributed by atoms with E-state index in [2.05, 4.69) is 0 Å². The molecule has 2 aliphatic rings. The van der Waals surface area contributed by atoms with Gasteiger partial charge in [-0.05, 0) is 31.6 Å². The highest BCUT2D eigenvalue weighted by Crippen LogP contribution is 2.24. The topological polar surface area (TPSA) is 49.8 Å². The van der Waals surface area contributed by atoms with Gasteiger partial charge in [-0.2, -0.15) is 0 Å². The molecule has 0 aromatic rings. The van der Waals surface area contributed by atoms with Crippen molar-refractivity contribution in [1.29, 1.82) is 0 Å². The highest BCUT2D eigenvalue weighted by atomic mass is 16.5. The van der Waals surface area contributed by atoms with Crippen molar-refractivity contribution in [2.24, 2.45) is 5.92 Å². The lowest BCUT2D eigenvalue weighted by atomic mass is 9.95. The van der Waals surface area contributed by atoms with E-state index >= 15 is 0 Å². The summed E-state index contributed by atoms with van der Waals surface area (Å²) in [6.45, 7) is 5.26. The summed E-state index contributed by atoms with van der Waals surface area (Å²) >= 11 is 0. The number of ether oxygens (including phenoxy) is 1. The third-order valence-corrected chi connectivity index (χ3v) is 4.54. The molecule has 0 bridgehead atoms. The Morgan fingerprint density at radius 3 is 2.63 bits per heavy atom. The van der Waals surface area contributed by atoms with Crippen LogP contribution >= 0.6 is 0 Å². The van der Waals surface area contributed by atoms with Gasteiger partial charge in [0.2, 0.25) is 0 Å². The summed E-state index contributed by atoms with van der Waals surface area (Å²) < 4.78 is 5.96. The van der Waals surface area contributed by atoms with E-state index in [-0.39, 0.29) is 24.2 Å². The molecule has 0 aromatic heterocycles. The predicted molar refractivity (Wildman–Crippen MR) is 73.8 cm³/mol. The number of aliphatic hydroxyl groups is 1. The minimum atomic E-state index is -0.387. The van der Waals surface area contributed by atoms with Crippen LogP contribution in [0.1, 0.15) is 52.4 Å². The van der Waals surface area contributed by atoms with E-state index in [1.807, 2.05) is 13.8 Å². The molecule has 0 spiro atoms. The molecule has 4 heteroatoms. The maximum absolute atomic E-state index is 12.5. The lowest BCUT2D eigenvalue weighted by Crippen LogP contribution is -2.50. The zero-order valence-corrected chi connectivity index (χ0v) is 12.2. The zero-order chi connectivity index (χ0) is 13.8. The summed E-state index contributed by atoms with van der Waals surface area (Å²) in [5.74, 6) is 0.361. The average Bonchev–Trinajstić information content (AvgIpc) is 2.91. The minimum Gasteiger partial charge on any atom is -0.391 e. The van der Waals surface area contributed by atoms with Crippen molar-refractivity contribution in [3.05, 3.63) is 0 Å². The van der Waals surface area contributed by atoms with E-state index in [4.69, 9.17) is 4.74 Å². The quantitative estimate of drug-likeness (QED) is 0.848. The number of amides is 1. The SMILES string of the molecule is CCC(OC1CCCC1)C(=O)N1CCC(C)C(O)C1. The molecule has 1 saturated heterocycles.